The van der Waals surface area contributed by atoms with Gasteiger partial charge in [-0.25, -0.2) is 14.8 Å². The summed E-state index contributed by atoms with van der Waals surface area (Å²) >= 11 is 1.21. The molecule has 0 aliphatic rings. The van der Waals surface area contributed by atoms with Crippen LogP contribution in [0, 0.1) is 0 Å². The van der Waals surface area contributed by atoms with Gasteiger partial charge in [0.2, 0.25) is 0 Å². The van der Waals surface area contributed by atoms with Crippen LogP contribution >= 0.6 is 11.3 Å². The van der Waals surface area contributed by atoms with Gasteiger partial charge in [0.1, 0.15) is 9.88 Å². The highest BCUT2D eigenvalue weighted by Crippen LogP contribution is 2.31. The van der Waals surface area contributed by atoms with Crippen molar-refractivity contribution in [1.82, 2.24) is 14.5 Å². The van der Waals surface area contributed by atoms with Gasteiger partial charge in [-0.1, -0.05) is 13.8 Å². The normalized spacial score (nSPS) is 11.1. The van der Waals surface area contributed by atoms with Gasteiger partial charge in [-0.3, -0.25) is 0 Å². The Morgan fingerprint density at radius 1 is 1.56 bits per heavy atom. The van der Waals surface area contributed by atoms with Crippen molar-refractivity contribution in [1.29, 1.82) is 0 Å². The number of carboxylic acid groups (broad SMARTS) is 1. The second-order valence-corrected chi connectivity index (χ2v) is 5.26. The van der Waals surface area contributed by atoms with Crippen LogP contribution in [-0.2, 0) is 6.54 Å². The fourth-order valence-electron chi connectivity index (χ4n) is 1.74. The van der Waals surface area contributed by atoms with Gasteiger partial charge in [-0.15, -0.1) is 11.3 Å². The summed E-state index contributed by atoms with van der Waals surface area (Å²) in [7, 11) is 0. The molecule has 1 N–H and O–H groups in total. The second kappa shape index (κ2) is 4.89. The summed E-state index contributed by atoms with van der Waals surface area (Å²) in [4.78, 5) is 20.1. The van der Waals surface area contributed by atoms with Crippen molar-refractivity contribution in [2.24, 2.45) is 0 Å². The summed E-state index contributed by atoms with van der Waals surface area (Å²) < 4.78 is 1.95. The maximum Gasteiger partial charge on any atom is 0.347 e. The van der Waals surface area contributed by atoms with Crippen molar-refractivity contribution in [2.45, 2.75) is 33.2 Å². The Morgan fingerprint density at radius 3 is 2.78 bits per heavy atom. The van der Waals surface area contributed by atoms with Crippen molar-refractivity contribution in [3.05, 3.63) is 23.1 Å². The maximum absolute atomic E-state index is 11.2. The Hall–Kier alpha value is -1.69. The molecule has 0 amide bonds. The van der Waals surface area contributed by atoms with Crippen LogP contribution in [0.1, 0.15) is 42.1 Å². The van der Waals surface area contributed by atoms with Crippen molar-refractivity contribution in [3.8, 4) is 10.7 Å². The van der Waals surface area contributed by atoms with Gasteiger partial charge >= 0.3 is 5.97 Å². The van der Waals surface area contributed by atoms with Gasteiger partial charge in [-0.05, 0) is 12.8 Å². The van der Waals surface area contributed by atoms with E-state index in [-0.39, 0.29) is 5.92 Å². The third-order valence-corrected chi connectivity index (χ3v) is 3.75. The van der Waals surface area contributed by atoms with Gasteiger partial charge in [0.25, 0.3) is 0 Å². The van der Waals surface area contributed by atoms with Crippen LogP contribution in [0.4, 0.5) is 0 Å². The number of aryl methyl sites for hydroxylation is 1. The van der Waals surface area contributed by atoms with Crippen molar-refractivity contribution < 1.29 is 9.90 Å². The summed E-state index contributed by atoms with van der Waals surface area (Å²) in [5.41, 5.74) is 1.52. The molecule has 5 nitrogen and oxygen atoms in total. The van der Waals surface area contributed by atoms with E-state index in [0.717, 1.165) is 17.2 Å². The minimum Gasteiger partial charge on any atom is -0.477 e. The minimum absolute atomic E-state index is 0.0964. The first-order valence-corrected chi connectivity index (χ1v) is 6.60. The number of imidazole rings is 1. The largest absolute Gasteiger partial charge is 0.477 e. The minimum atomic E-state index is -0.912. The number of rotatable bonds is 4. The summed E-state index contributed by atoms with van der Waals surface area (Å²) in [6, 6.07) is 0. The molecule has 0 aromatic carbocycles. The monoisotopic (exact) mass is 265 g/mol. The van der Waals surface area contributed by atoms with E-state index in [4.69, 9.17) is 0 Å². The van der Waals surface area contributed by atoms with E-state index < -0.39 is 5.97 Å². The highest BCUT2D eigenvalue weighted by Gasteiger charge is 2.21. The summed E-state index contributed by atoms with van der Waals surface area (Å²) in [5, 5.41) is 9.92. The summed E-state index contributed by atoms with van der Waals surface area (Å²) in [6.45, 7) is 6.69. The molecule has 2 rings (SSSR count). The molecule has 0 fully saturated rings. The van der Waals surface area contributed by atoms with E-state index in [1.807, 2.05) is 25.3 Å². The Kier molecular flexibility index (Phi) is 3.47. The molecule has 6 heteroatoms. The lowest BCUT2D eigenvalue weighted by Crippen LogP contribution is -2.00. The van der Waals surface area contributed by atoms with Gasteiger partial charge in [0, 0.05) is 6.54 Å². The van der Waals surface area contributed by atoms with Crippen molar-refractivity contribution in [2.75, 3.05) is 0 Å². The molecule has 2 heterocycles. The third kappa shape index (κ3) is 2.15. The van der Waals surface area contributed by atoms with Gasteiger partial charge in [0.05, 0.1) is 23.9 Å². The lowest BCUT2D eigenvalue weighted by atomic mass is 10.1. The van der Waals surface area contributed by atoms with Crippen LogP contribution in [0.3, 0.4) is 0 Å². The van der Waals surface area contributed by atoms with Crippen LogP contribution in [0.25, 0.3) is 10.7 Å². The first-order chi connectivity index (χ1) is 8.54. The number of aromatic nitrogens is 3. The fraction of sp³-hybridized carbons (Fsp3) is 0.417. The molecule has 0 bridgehead atoms. The van der Waals surface area contributed by atoms with Crippen molar-refractivity contribution in [3.63, 3.8) is 0 Å². The van der Waals surface area contributed by atoms with Crippen LogP contribution in [0.2, 0.25) is 0 Å². The molecule has 0 unspecified atom stereocenters. The summed E-state index contributed by atoms with van der Waals surface area (Å²) in [5.74, 6) is -0.816. The van der Waals surface area contributed by atoms with Gasteiger partial charge in [-0.2, -0.15) is 0 Å². The van der Waals surface area contributed by atoms with Crippen LogP contribution in [-0.4, -0.2) is 25.6 Å². The topological polar surface area (TPSA) is 68.0 Å². The maximum atomic E-state index is 11.2. The zero-order valence-corrected chi connectivity index (χ0v) is 11.4. The molecule has 0 aliphatic carbocycles. The molecular formula is C12H15N3O2S. The SMILES string of the molecule is CCn1cncc1-c1nc(C(C)C)c(C(=O)O)s1. The van der Waals surface area contributed by atoms with E-state index in [9.17, 15) is 9.90 Å². The quantitative estimate of drug-likeness (QED) is 0.923. The fourth-order valence-corrected chi connectivity index (χ4v) is 2.82. The van der Waals surface area contributed by atoms with E-state index in [1.54, 1.807) is 12.5 Å². The molecule has 0 aliphatic heterocycles. The predicted molar refractivity (Wildman–Crippen MR) is 70.1 cm³/mol. The Balaban J connectivity index is 2.53. The van der Waals surface area contributed by atoms with E-state index in [0.29, 0.717) is 10.6 Å². The average Bonchev–Trinajstić information content (AvgIpc) is 2.94. The number of nitrogens with zero attached hydrogens (tertiary/aromatic N) is 3. The highest BCUT2D eigenvalue weighted by molar-refractivity contribution is 7.17. The number of carbonyl (C=O) groups is 1. The number of carboxylic acids is 1. The van der Waals surface area contributed by atoms with Crippen LogP contribution in [0.5, 0.6) is 0 Å². The van der Waals surface area contributed by atoms with Crippen LogP contribution in [0.15, 0.2) is 12.5 Å². The lowest BCUT2D eigenvalue weighted by molar-refractivity contribution is 0.0700. The molecule has 2 aromatic rings. The first-order valence-electron chi connectivity index (χ1n) is 5.79. The van der Waals surface area contributed by atoms with E-state index >= 15 is 0 Å². The molecule has 0 radical (unpaired) electrons. The number of thiazole rings is 1. The Morgan fingerprint density at radius 2 is 2.28 bits per heavy atom. The molecule has 96 valence electrons. The second-order valence-electron chi connectivity index (χ2n) is 4.26. The van der Waals surface area contributed by atoms with Gasteiger partial charge < -0.3 is 9.67 Å². The smallest absolute Gasteiger partial charge is 0.347 e. The molecular weight excluding hydrogens is 250 g/mol. The molecule has 2 aromatic heterocycles. The number of hydrogen-bond acceptors (Lipinski definition) is 4. The predicted octanol–water partition coefficient (Wildman–Crippen LogP) is 2.85. The average molecular weight is 265 g/mol. The molecule has 18 heavy (non-hydrogen) atoms. The first kappa shape index (κ1) is 12.8. The number of hydrogen-bond donors (Lipinski definition) is 1. The molecule has 0 saturated carbocycles. The Bertz CT molecular complexity index is 572. The van der Waals surface area contributed by atoms with E-state index in [1.165, 1.54) is 11.3 Å². The number of aromatic carboxylic acids is 1. The zero-order chi connectivity index (χ0) is 13.3. The third-order valence-electron chi connectivity index (χ3n) is 2.67. The molecule has 0 spiro atoms. The zero-order valence-electron chi connectivity index (χ0n) is 10.5. The molecule has 0 atom stereocenters. The van der Waals surface area contributed by atoms with E-state index in [2.05, 4.69) is 9.97 Å². The lowest BCUT2D eigenvalue weighted by Gasteiger charge is -2.01. The standard InChI is InChI=1S/C12H15N3O2S/c1-4-15-6-13-5-8(15)11-14-9(7(2)3)10(18-11)12(16)17/h5-7H,4H2,1-3H3,(H,16,17). The van der Waals surface area contributed by atoms with Crippen LogP contribution < -0.4 is 0 Å². The highest BCUT2D eigenvalue weighted by atomic mass is 32.1. The van der Waals surface area contributed by atoms with Crippen molar-refractivity contribution >= 4 is 17.3 Å². The molecule has 0 saturated heterocycles. The Labute approximate surface area is 109 Å². The summed E-state index contributed by atoms with van der Waals surface area (Å²) in [6.07, 6.45) is 3.45. The van der Waals surface area contributed by atoms with Gasteiger partial charge in [0.15, 0.2) is 0 Å².